The first-order chi connectivity index (χ1) is 9.06. The van der Waals surface area contributed by atoms with Crippen molar-refractivity contribution in [3.05, 3.63) is 23.8 Å². The zero-order chi connectivity index (χ0) is 14.3. The summed E-state index contributed by atoms with van der Waals surface area (Å²) in [5.41, 5.74) is 0.709. The zero-order valence-electron chi connectivity index (χ0n) is 10.7. The van der Waals surface area contributed by atoms with Crippen molar-refractivity contribution in [1.29, 1.82) is 0 Å². The number of likely N-dealkylation sites (N-methyl/N-ethyl adjacent to an activating group) is 1. The maximum absolute atomic E-state index is 12.2. The van der Waals surface area contributed by atoms with Crippen LogP contribution in [0.5, 0.6) is 11.5 Å². The van der Waals surface area contributed by atoms with E-state index in [-0.39, 0.29) is 24.0 Å². The van der Waals surface area contributed by atoms with E-state index in [1.54, 1.807) is 6.07 Å². The monoisotopic (exact) mass is 274 g/mol. The van der Waals surface area contributed by atoms with E-state index in [0.717, 1.165) is 0 Å². The molecule has 1 aromatic carbocycles. The number of alkyl halides is 2. The second-order valence-electron chi connectivity index (χ2n) is 3.64. The van der Waals surface area contributed by atoms with Gasteiger partial charge in [-0.05, 0) is 17.7 Å². The molecule has 7 heteroatoms. The third kappa shape index (κ3) is 5.09. The van der Waals surface area contributed by atoms with Crippen LogP contribution in [0.1, 0.15) is 5.56 Å². The van der Waals surface area contributed by atoms with Gasteiger partial charge in [0.15, 0.2) is 11.5 Å². The normalized spacial score (nSPS) is 10.4. The summed E-state index contributed by atoms with van der Waals surface area (Å²) in [5, 5.41) is 5.34. The van der Waals surface area contributed by atoms with E-state index in [2.05, 4.69) is 15.4 Å². The number of methoxy groups -OCH3 is 1. The summed E-state index contributed by atoms with van der Waals surface area (Å²) in [6, 6.07) is 4.68. The van der Waals surface area contributed by atoms with Crippen LogP contribution in [0.25, 0.3) is 0 Å². The molecule has 0 atom stereocenters. The van der Waals surface area contributed by atoms with Gasteiger partial charge in [0.25, 0.3) is 0 Å². The average Bonchev–Trinajstić information content (AvgIpc) is 2.38. The topological polar surface area (TPSA) is 59.6 Å². The number of halogens is 2. The molecule has 0 fully saturated rings. The van der Waals surface area contributed by atoms with E-state index in [1.165, 1.54) is 26.3 Å². The fraction of sp³-hybridized carbons (Fsp3) is 0.417. The number of carbonyl (C=O) groups is 1. The van der Waals surface area contributed by atoms with Crippen molar-refractivity contribution in [2.45, 2.75) is 13.2 Å². The Labute approximate surface area is 109 Å². The molecule has 0 aliphatic rings. The van der Waals surface area contributed by atoms with Crippen molar-refractivity contribution >= 4 is 5.91 Å². The Morgan fingerprint density at radius 1 is 1.37 bits per heavy atom. The minimum atomic E-state index is -2.91. The second kappa shape index (κ2) is 7.52. The number of carbonyl (C=O) groups excluding carboxylic acids is 1. The van der Waals surface area contributed by atoms with Crippen molar-refractivity contribution < 1.29 is 23.0 Å². The highest BCUT2D eigenvalue weighted by atomic mass is 19.3. The second-order valence-corrected chi connectivity index (χ2v) is 3.64. The lowest BCUT2D eigenvalue weighted by Crippen LogP contribution is -2.30. The van der Waals surface area contributed by atoms with E-state index in [9.17, 15) is 13.6 Å². The molecule has 0 aromatic heterocycles. The number of ether oxygens (including phenoxy) is 2. The number of hydrogen-bond donors (Lipinski definition) is 2. The number of benzene rings is 1. The van der Waals surface area contributed by atoms with Gasteiger partial charge in [-0.3, -0.25) is 4.79 Å². The van der Waals surface area contributed by atoms with Gasteiger partial charge in [0.1, 0.15) is 0 Å². The Balaban J connectivity index is 2.66. The molecular weight excluding hydrogens is 258 g/mol. The first kappa shape index (κ1) is 15.2. The Morgan fingerprint density at radius 3 is 2.68 bits per heavy atom. The minimum absolute atomic E-state index is 0.0308. The maximum Gasteiger partial charge on any atom is 0.387 e. The summed E-state index contributed by atoms with van der Waals surface area (Å²) in [6.07, 6.45) is 0. The van der Waals surface area contributed by atoms with Gasteiger partial charge in [0.2, 0.25) is 5.91 Å². The van der Waals surface area contributed by atoms with E-state index >= 15 is 0 Å². The molecule has 19 heavy (non-hydrogen) atoms. The van der Waals surface area contributed by atoms with Crippen molar-refractivity contribution in [2.75, 3.05) is 20.7 Å². The minimum Gasteiger partial charge on any atom is -0.493 e. The Kier molecular flexibility index (Phi) is 6.01. The van der Waals surface area contributed by atoms with Gasteiger partial charge in [-0.2, -0.15) is 8.78 Å². The largest absolute Gasteiger partial charge is 0.493 e. The Hall–Kier alpha value is -1.89. The van der Waals surface area contributed by atoms with Crippen molar-refractivity contribution in [3.63, 3.8) is 0 Å². The highest BCUT2D eigenvalue weighted by Gasteiger charge is 2.11. The molecule has 2 N–H and O–H groups in total. The lowest BCUT2D eigenvalue weighted by Gasteiger charge is -2.11. The predicted octanol–water partition coefficient (Wildman–Crippen LogP) is 1.13. The third-order valence-electron chi connectivity index (χ3n) is 2.34. The molecule has 1 amide bonds. The molecule has 0 saturated heterocycles. The van der Waals surface area contributed by atoms with Gasteiger partial charge >= 0.3 is 6.61 Å². The fourth-order valence-electron chi connectivity index (χ4n) is 1.43. The highest BCUT2D eigenvalue weighted by Crippen LogP contribution is 2.29. The van der Waals surface area contributed by atoms with E-state index in [1.807, 2.05) is 0 Å². The number of amides is 1. The standard InChI is InChI=1S/C12H16F2N2O3/c1-15-11(17)7-16-6-8-3-4-9(18-2)10(5-8)19-12(13)14/h3-5,12,16H,6-7H2,1-2H3,(H,15,17). The summed E-state index contributed by atoms with van der Waals surface area (Å²) >= 11 is 0. The van der Waals surface area contributed by atoms with E-state index < -0.39 is 6.61 Å². The van der Waals surface area contributed by atoms with Gasteiger partial charge in [-0.1, -0.05) is 6.07 Å². The molecule has 5 nitrogen and oxygen atoms in total. The smallest absolute Gasteiger partial charge is 0.387 e. The summed E-state index contributed by atoms with van der Waals surface area (Å²) in [7, 11) is 2.91. The lowest BCUT2D eigenvalue weighted by molar-refractivity contribution is -0.119. The number of nitrogens with one attached hydrogen (secondary N) is 2. The van der Waals surface area contributed by atoms with Crippen LogP contribution in [-0.2, 0) is 11.3 Å². The molecule has 1 aromatic rings. The van der Waals surface area contributed by atoms with Crippen LogP contribution in [0, 0.1) is 0 Å². The summed E-state index contributed by atoms with van der Waals surface area (Å²) in [4.78, 5) is 11.0. The summed E-state index contributed by atoms with van der Waals surface area (Å²) in [6.45, 7) is -2.41. The summed E-state index contributed by atoms with van der Waals surface area (Å²) in [5.74, 6) is 0.0460. The Morgan fingerprint density at radius 2 is 2.11 bits per heavy atom. The molecule has 0 aliphatic heterocycles. The molecule has 0 unspecified atom stereocenters. The van der Waals surface area contributed by atoms with Gasteiger partial charge in [-0.15, -0.1) is 0 Å². The van der Waals surface area contributed by atoms with Crippen LogP contribution in [0.3, 0.4) is 0 Å². The van der Waals surface area contributed by atoms with E-state index in [0.29, 0.717) is 12.1 Å². The van der Waals surface area contributed by atoms with Crippen LogP contribution in [0.2, 0.25) is 0 Å². The zero-order valence-corrected chi connectivity index (χ0v) is 10.7. The summed E-state index contributed by atoms with van der Waals surface area (Å²) < 4.78 is 33.7. The maximum atomic E-state index is 12.2. The predicted molar refractivity (Wildman–Crippen MR) is 65.4 cm³/mol. The molecule has 0 aliphatic carbocycles. The van der Waals surface area contributed by atoms with Crippen molar-refractivity contribution in [1.82, 2.24) is 10.6 Å². The van der Waals surface area contributed by atoms with Gasteiger partial charge in [0, 0.05) is 13.6 Å². The molecular formula is C12H16F2N2O3. The van der Waals surface area contributed by atoms with Crippen molar-refractivity contribution in [2.24, 2.45) is 0 Å². The van der Waals surface area contributed by atoms with Crippen LogP contribution >= 0.6 is 0 Å². The molecule has 106 valence electrons. The third-order valence-corrected chi connectivity index (χ3v) is 2.34. The highest BCUT2D eigenvalue weighted by molar-refractivity contribution is 5.77. The van der Waals surface area contributed by atoms with Crippen LogP contribution in [0.15, 0.2) is 18.2 Å². The van der Waals surface area contributed by atoms with Crippen LogP contribution in [0.4, 0.5) is 8.78 Å². The molecule has 0 heterocycles. The number of rotatable bonds is 7. The fourth-order valence-corrected chi connectivity index (χ4v) is 1.43. The quantitative estimate of drug-likeness (QED) is 0.782. The Bertz CT molecular complexity index is 427. The van der Waals surface area contributed by atoms with Crippen molar-refractivity contribution in [3.8, 4) is 11.5 Å². The molecule has 0 spiro atoms. The number of hydrogen-bond acceptors (Lipinski definition) is 4. The first-order valence-corrected chi connectivity index (χ1v) is 5.60. The first-order valence-electron chi connectivity index (χ1n) is 5.60. The van der Waals surface area contributed by atoms with E-state index in [4.69, 9.17) is 4.74 Å². The van der Waals surface area contributed by atoms with Crippen LogP contribution in [-0.4, -0.2) is 33.2 Å². The van der Waals surface area contributed by atoms with Gasteiger partial charge in [-0.25, -0.2) is 0 Å². The molecule has 0 bridgehead atoms. The molecule has 0 radical (unpaired) electrons. The van der Waals surface area contributed by atoms with Crippen LogP contribution < -0.4 is 20.1 Å². The average molecular weight is 274 g/mol. The lowest BCUT2D eigenvalue weighted by atomic mass is 10.2. The molecule has 1 rings (SSSR count). The van der Waals surface area contributed by atoms with Gasteiger partial charge < -0.3 is 20.1 Å². The molecule has 0 saturated carbocycles. The van der Waals surface area contributed by atoms with Gasteiger partial charge in [0.05, 0.1) is 13.7 Å². The SMILES string of the molecule is CNC(=O)CNCc1ccc(OC)c(OC(F)F)c1.